The third kappa shape index (κ3) is 3.06. The fourth-order valence-corrected chi connectivity index (χ4v) is 2.06. The largest absolute Gasteiger partial charge is 0.313 e. The van der Waals surface area contributed by atoms with Gasteiger partial charge in [0.1, 0.15) is 5.82 Å². The highest BCUT2D eigenvalue weighted by Gasteiger charge is 2.12. The number of hydrogen-bond acceptors (Lipinski definition) is 2. The van der Waals surface area contributed by atoms with Gasteiger partial charge in [0.25, 0.3) is 0 Å². The first-order valence-electron chi connectivity index (χ1n) is 5.72. The van der Waals surface area contributed by atoms with Gasteiger partial charge in [-0.25, -0.2) is 4.39 Å². The number of hydrogen-bond donors (Lipinski definition) is 1. The van der Waals surface area contributed by atoms with E-state index in [0.29, 0.717) is 0 Å². The summed E-state index contributed by atoms with van der Waals surface area (Å²) in [5.74, 6) is -0.390. The van der Waals surface area contributed by atoms with E-state index in [4.69, 9.17) is 11.6 Å². The Labute approximate surface area is 111 Å². The van der Waals surface area contributed by atoms with Crippen molar-refractivity contribution in [2.75, 3.05) is 7.05 Å². The third-order valence-corrected chi connectivity index (χ3v) is 3.17. The van der Waals surface area contributed by atoms with Gasteiger partial charge in [0.05, 0.1) is 5.02 Å². The molecule has 0 saturated carbocycles. The van der Waals surface area contributed by atoms with Crippen molar-refractivity contribution in [3.05, 3.63) is 64.7 Å². The van der Waals surface area contributed by atoms with Crippen LogP contribution < -0.4 is 5.32 Å². The van der Waals surface area contributed by atoms with Crippen molar-refractivity contribution in [3.8, 4) is 0 Å². The Morgan fingerprint density at radius 3 is 2.61 bits per heavy atom. The highest BCUT2D eigenvalue weighted by molar-refractivity contribution is 6.30. The molecule has 0 radical (unpaired) electrons. The van der Waals surface area contributed by atoms with Crippen molar-refractivity contribution in [2.45, 2.75) is 12.5 Å². The van der Waals surface area contributed by atoms with Crippen molar-refractivity contribution in [1.29, 1.82) is 0 Å². The van der Waals surface area contributed by atoms with Crippen LogP contribution >= 0.6 is 11.6 Å². The number of pyridine rings is 1. The molecule has 1 aromatic heterocycles. The number of benzene rings is 1. The molecule has 0 amide bonds. The average Bonchev–Trinajstić information content (AvgIpc) is 2.40. The Bertz CT molecular complexity index is 516. The minimum atomic E-state index is -0.390. The maximum Gasteiger partial charge on any atom is 0.141 e. The Kier molecular flexibility index (Phi) is 4.28. The van der Waals surface area contributed by atoms with Crippen molar-refractivity contribution < 1.29 is 4.39 Å². The molecule has 0 spiro atoms. The van der Waals surface area contributed by atoms with Gasteiger partial charge in [-0.1, -0.05) is 17.7 Å². The molecule has 0 aliphatic rings. The van der Waals surface area contributed by atoms with Gasteiger partial charge in [0, 0.05) is 18.4 Å². The van der Waals surface area contributed by atoms with Crippen LogP contribution in [0, 0.1) is 5.82 Å². The minimum Gasteiger partial charge on any atom is -0.313 e. The zero-order valence-electron chi connectivity index (χ0n) is 10.0. The summed E-state index contributed by atoms with van der Waals surface area (Å²) >= 11 is 5.81. The summed E-state index contributed by atoms with van der Waals surface area (Å²) in [7, 11) is 1.88. The van der Waals surface area contributed by atoms with Gasteiger partial charge in [0.2, 0.25) is 0 Å². The van der Waals surface area contributed by atoms with Crippen LogP contribution in [-0.2, 0) is 6.42 Å². The van der Waals surface area contributed by atoms with E-state index in [-0.39, 0.29) is 16.9 Å². The Balaban J connectivity index is 2.20. The maximum atomic E-state index is 13.1. The first-order chi connectivity index (χ1) is 8.70. The van der Waals surface area contributed by atoms with Crippen LogP contribution in [0.15, 0.2) is 42.7 Å². The highest BCUT2D eigenvalue weighted by atomic mass is 35.5. The van der Waals surface area contributed by atoms with E-state index >= 15 is 0 Å². The number of halogens is 2. The summed E-state index contributed by atoms with van der Waals surface area (Å²) in [4.78, 5) is 3.99. The van der Waals surface area contributed by atoms with Gasteiger partial charge < -0.3 is 5.32 Å². The fraction of sp³-hybridized carbons (Fsp3) is 0.214. The van der Waals surface area contributed by atoms with Gasteiger partial charge >= 0.3 is 0 Å². The third-order valence-electron chi connectivity index (χ3n) is 2.88. The lowest BCUT2D eigenvalue weighted by Gasteiger charge is -2.17. The summed E-state index contributed by atoms with van der Waals surface area (Å²) in [6.45, 7) is 0. The van der Waals surface area contributed by atoms with Gasteiger partial charge in [-0.2, -0.15) is 0 Å². The molecule has 4 heteroatoms. The molecule has 1 aromatic carbocycles. The van der Waals surface area contributed by atoms with E-state index in [1.54, 1.807) is 24.5 Å². The molecule has 0 aliphatic heterocycles. The molecule has 1 unspecified atom stereocenters. The second-order valence-electron chi connectivity index (χ2n) is 4.07. The molecule has 1 N–H and O–H groups in total. The van der Waals surface area contributed by atoms with Crippen LogP contribution in [0.3, 0.4) is 0 Å². The number of rotatable bonds is 4. The van der Waals surface area contributed by atoms with Crippen molar-refractivity contribution in [3.63, 3.8) is 0 Å². The number of nitrogens with one attached hydrogen (secondary N) is 1. The van der Waals surface area contributed by atoms with Crippen LogP contribution in [0.5, 0.6) is 0 Å². The van der Waals surface area contributed by atoms with E-state index in [1.807, 2.05) is 19.2 Å². The molecule has 0 saturated heterocycles. The maximum absolute atomic E-state index is 13.1. The van der Waals surface area contributed by atoms with Gasteiger partial charge in [-0.05, 0) is 48.9 Å². The number of likely N-dealkylation sites (N-methyl/N-ethyl adjacent to an activating group) is 1. The molecule has 2 rings (SSSR count). The smallest absolute Gasteiger partial charge is 0.141 e. The van der Waals surface area contributed by atoms with Crippen LogP contribution in [0.1, 0.15) is 17.2 Å². The SMILES string of the molecule is CNC(Cc1ccncc1)c1ccc(F)c(Cl)c1. The monoisotopic (exact) mass is 264 g/mol. The lowest BCUT2D eigenvalue weighted by molar-refractivity contribution is 0.586. The van der Waals surface area contributed by atoms with Crippen molar-refractivity contribution >= 4 is 11.6 Å². The lowest BCUT2D eigenvalue weighted by atomic mass is 10.00. The summed E-state index contributed by atoms with van der Waals surface area (Å²) in [5.41, 5.74) is 2.14. The predicted molar refractivity (Wildman–Crippen MR) is 71.2 cm³/mol. The van der Waals surface area contributed by atoms with Crippen LogP contribution in [0.2, 0.25) is 5.02 Å². The molecule has 0 aliphatic carbocycles. The van der Waals surface area contributed by atoms with E-state index < -0.39 is 0 Å². The molecule has 18 heavy (non-hydrogen) atoms. The molecule has 2 nitrogen and oxygen atoms in total. The average molecular weight is 265 g/mol. The number of nitrogens with zero attached hydrogens (tertiary/aromatic N) is 1. The van der Waals surface area contributed by atoms with Crippen molar-refractivity contribution in [1.82, 2.24) is 10.3 Å². The molecule has 0 fully saturated rings. The minimum absolute atomic E-state index is 0.102. The fourth-order valence-electron chi connectivity index (χ4n) is 1.87. The first kappa shape index (κ1) is 13.0. The summed E-state index contributed by atoms with van der Waals surface area (Å²) in [5, 5.41) is 3.37. The molecule has 1 heterocycles. The molecular formula is C14H14ClFN2. The predicted octanol–water partition coefficient (Wildman–Crippen LogP) is 3.38. The van der Waals surface area contributed by atoms with Crippen molar-refractivity contribution in [2.24, 2.45) is 0 Å². The molecule has 94 valence electrons. The Morgan fingerprint density at radius 1 is 1.28 bits per heavy atom. The van der Waals surface area contributed by atoms with E-state index in [0.717, 1.165) is 12.0 Å². The summed E-state index contributed by atoms with van der Waals surface area (Å²) in [6, 6.07) is 8.85. The Hall–Kier alpha value is -1.45. The van der Waals surface area contributed by atoms with E-state index in [9.17, 15) is 4.39 Å². The van der Waals surface area contributed by atoms with Gasteiger partial charge in [-0.3, -0.25) is 4.98 Å². The topological polar surface area (TPSA) is 24.9 Å². The van der Waals surface area contributed by atoms with E-state index in [2.05, 4.69) is 10.3 Å². The lowest BCUT2D eigenvalue weighted by Crippen LogP contribution is -2.18. The summed E-state index contributed by atoms with van der Waals surface area (Å²) < 4.78 is 13.1. The van der Waals surface area contributed by atoms with Crippen LogP contribution in [0.25, 0.3) is 0 Å². The Morgan fingerprint density at radius 2 is 2.00 bits per heavy atom. The normalized spacial score (nSPS) is 12.4. The molecule has 2 aromatic rings. The molecule has 1 atom stereocenters. The second kappa shape index (κ2) is 5.94. The number of aromatic nitrogens is 1. The quantitative estimate of drug-likeness (QED) is 0.916. The van der Waals surface area contributed by atoms with Crippen LogP contribution in [-0.4, -0.2) is 12.0 Å². The zero-order valence-corrected chi connectivity index (χ0v) is 10.8. The van der Waals surface area contributed by atoms with E-state index in [1.165, 1.54) is 11.6 Å². The van der Waals surface area contributed by atoms with Crippen LogP contribution in [0.4, 0.5) is 4.39 Å². The standard InChI is InChI=1S/C14H14ClFN2/c1-17-14(8-10-4-6-18-7-5-10)11-2-3-13(16)12(15)9-11/h2-7,9,14,17H,8H2,1H3. The summed E-state index contributed by atoms with van der Waals surface area (Å²) in [6.07, 6.45) is 4.33. The zero-order chi connectivity index (χ0) is 13.0. The molecular weight excluding hydrogens is 251 g/mol. The molecule has 0 bridgehead atoms. The first-order valence-corrected chi connectivity index (χ1v) is 6.09. The van der Waals surface area contributed by atoms with Gasteiger partial charge in [-0.15, -0.1) is 0 Å². The second-order valence-corrected chi connectivity index (χ2v) is 4.48. The highest BCUT2D eigenvalue weighted by Crippen LogP contribution is 2.23. The van der Waals surface area contributed by atoms with Gasteiger partial charge in [0.15, 0.2) is 0 Å².